The van der Waals surface area contributed by atoms with Gasteiger partial charge in [0.25, 0.3) is 0 Å². The zero-order valence-electron chi connectivity index (χ0n) is 34.3. The van der Waals surface area contributed by atoms with Crippen molar-refractivity contribution in [3.8, 4) is 0 Å². The summed E-state index contributed by atoms with van der Waals surface area (Å²) in [5.74, 6) is 1.95. The first-order valence-electron chi connectivity index (χ1n) is 20.5. The quantitative estimate of drug-likeness (QED) is 0.249. The molecule has 2 spiro atoms. The van der Waals surface area contributed by atoms with Crippen molar-refractivity contribution >= 4 is 5.91 Å². The summed E-state index contributed by atoms with van der Waals surface area (Å²) in [5, 5.41) is 23.2. The third-order valence-electron chi connectivity index (χ3n) is 16.9. The molecule has 0 bridgehead atoms. The van der Waals surface area contributed by atoms with Crippen LogP contribution in [-0.2, 0) is 23.7 Å². The van der Waals surface area contributed by atoms with Gasteiger partial charge in [-0.15, -0.1) is 0 Å². The molecule has 2 N–H and O–H groups in total. The van der Waals surface area contributed by atoms with E-state index >= 15 is 0 Å². The Bertz CT molecular complexity index is 1270. The minimum absolute atomic E-state index is 0.0170. The third kappa shape index (κ3) is 6.08. The highest BCUT2D eigenvalue weighted by Crippen LogP contribution is 2.89. The summed E-state index contributed by atoms with van der Waals surface area (Å²) >= 11 is 0. The van der Waals surface area contributed by atoms with Crippen LogP contribution in [0.2, 0.25) is 0 Å². The van der Waals surface area contributed by atoms with E-state index in [0.717, 1.165) is 32.2 Å². The zero-order valence-corrected chi connectivity index (χ0v) is 34.3. The van der Waals surface area contributed by atoms with Crippen LogP contribution < -0.4 is 0 Å². The smallest absolute Gasteiger partial charge is 0.239 e. The summed E-state index contributed by atoms with van der Waals surface area (Å²) in [7, 11) is 5.39. The van der Waals surface area contributed by atoms with Crippen LogP contribution in [0.4, 0.5) is 0 Å². The highest BCUT2D eigenvalue weighted by Gasteiger charge is 2.83. The highest BCUT2D eigenvalue weighted by molar-refractivity contribution is 5.80. The summed E-state index contributed by atoms with van der Waals surface area (Å²) in [4.78, 5) is 16.6. The number of amides is 1. The standard InChI is InChI=1S/C42H74N2O7/c1-13-49-35(38(6,7)47)29(48-12)22-26(2)28-23-32(45)40(9)31-15-14-30-37(4,5)33(16-17-41(30)25-42(31,41)19-18-39(28,40)8)51-34-24-44(20-21-50-34)27(3)36(46)43(10)11/h26-35,45,47H,13-25H2,1-12H3/t26-,27+,28-,29?,30+,31?,32+,33+,34+,35+,39-,40-,41-,42?/m1/s1. The number of nitrogens with zero attached hydrogens (tertiary/aromatic N) is 2. The molecular formula is C42H74N2O7. The Balaban J connectivity index is 1.17. The Hall–Kier alpha value is -0.810. The van der Waals surface area contributed by atoms with E-state index in [2.05, 4.69) is 39.5 Å². The SMILES string of the molecule is CCO[C@@H](C(C[C@@H](C)[C@H]1C[C@H](O)[C@@]2(C)C3CC[C@H]4C(C)(C)[C@@H](O[C@H]5CN([C@@H](C)C(=O)N(C)C)CCO5)CC[C@@]45CC35CC[C@]12C)OC)C(C)(C)O. The molecule has 0 aromatic carbocycles. The Labute approximate surface area is 309 Å². The van der Waals surface area contributed by atoms with Crippen molar-refractivity contribution in [1.29, 1.82) is 0 Å². The van der Waals surface area contributed by atoms with Gasteiger partial charge in [-0.1, -0.05) is 34.6 Å². The van der Waals surface area contributed by atoms with Crippen LogP contribution in [0.15, 0.2) is 0 Å². The van der Waals surface area contributed by atoms with Crippen LogP contribution in [-0.4, -0.2) is 116 Å². The van der Waals surface area contributed by atoms with Crippen LogP contribution in [0.1, 0.15) is 120 Å². The molecule has 14 atom stereocenters. The van der Waals surface area contributed by atoms with Gasteiger partial charge < -0.3 is 34.1 Å². The van der Waals surface area contributed by atoms with Crippen LogP contribution in [0, 0.1) is 50.7 Å². The van der Waals surface area contributed by atoms with Gasteiger partial charge in [0.2, 0.25) is 5.91 Å². The van der Waals surface area contributed by atoms with Crippen molar-refractivity contribution < 1.29 is 34.0 Å². The maximum atomic E-state index is 12.7. The minimum Gasteiger partial charge on any atom is -0.393 e. The number of aliphatic hydroxyl groups excluding tert-OH is 1. The van der Waals surface area contributed by atoms with Gasteiger partial charge >= 0.3 is 0 Å². The fourth-order valence-electron chi connectivity index (χ4n) is 14.1. The molecule has 0 aromatic rings. The van der Waals surface area contributed by atoms with Crippen molar-refractivity contribution in [1.82, 2.24) is 9.80 Å². The summed E-state index contributed by atoms with van der Waals surface area (Å²) < 4.78 is 25.2. The summed E-state index contributed by atoms with van der Waals surface area (Å²) in [6, 6.07) is -0.188. The second kappa shape index (κ2) is 13.7. The molecule has 294 valence electrons. The van der Waals surface area contributed by atoms with E-state index in [9.17, 15) is 15.0 Å². The number of likely N-dealkylation sites (N-methyl/N-ethyl adjacent to an activating group) is 1. The van der Waals surface area contributed by atoms with Gasteiger partial charge in [-0.05, 0) is 131 Å². The molecule has 9 heteroatoms. The minimum atomic E-state index is -1.01. The van der Waals surface area contributed by atoms with Crippen molar-refractivity contribution in [3.05, 3.63) is 0 Å². The van der Waals surface area contributed by atoms with Crippen LogP contribution in [0.5, 0.6) is 0 Å². The van der Waals surface area contributed by atoms with E-state index < -0.39 is 11.7 Å². The first kappa shape index (κ1) is 39.9. The van der Waals surface area contributed by atoms with Gasteiger partial charge in [0, 0.05) is 39.8 Å². The predicted molar refractivity (Wildman–Crippen MR) is 199 cm³/mol. The number of hydrogen-bond donors (Lipinski definition) is 2. The molecule has 1 aliphatic heterocycles. The number of morpholine rings is 1. The van der Waals surface area contributed by atoms with Crippen LogP contribution >= 0.6 is 0 Å². The summed E-state index contributed by atoms with van der Waals surface area (Å²) in [5.41, 5.74) is -0.443. The van der Waals surface area contributed by atoms with Crippen molar-refractivity contribution in [2.45, 2.75) is 162 Å². The van der Waals surface area contributed by atoms with Crippen LogP contribution in [0.25, 0.3) is 0 Å². The van der Waals surface area contributed by atoms with Gasteiger partial charge in [-0.25, -0.2) is 0 Å². The second-order valence-electron chi connectivity index (χ2n) is 19.9. The maximum absolute atomic E-state index is 12.7. The molecule has 5 saturated carbocycles. The molecule has 1 amide bonds. The van der Waals surface area contributed by atoms with Crippen molar-refractivity contribution in [3.63, 3.8) is 0 Å². The monoisotopic (exact) mass is 719 g/mol. The molecule has 5 aliphatic carbocycles. The highest BCUT2D eigenvalue weighted by atomic mass is 16.7. The van der Waals surface area contributed by atoms with Crippen LogP contribution in [0.3, 0.4) is 0 Å². The molecule has 9 nitrogen and oxygen atoms in total. The largest absolute Gasteiger partial charge is 0.393 e. The lowest BCUT2D eigenvalue weighted by atomic mass is 9.41. The molecule has 3 unspecified atom stereocenters. The Morgan fingerprint density at radius 2 is 1.71 bits per heavy atom. The first-order valence-corrected chi connectivity index (χ1v) is 20.5. The van der Waals surface area contributed by atoms with Gasteiger partial charge in [0.1, 0.15) is 6.10 Å². The van der Waals surface area contributed by atoms with Gasteiger partial charge in [-0.2, -0.15) is 0 Å². The molecule has 6 rings (SSSR count). The van der Waals surface area contributed by atoms with E-state index in [1.54, 1.807) is 12.0 Å². The molecule has 0 aromatic heterocycles. The van der Waals surface area contributed by atoms with Gasteiger partial charge in [0.05, 0.1) is 43.1 Å². The first-order chi connectivity index (χ1) is 23.7. The van der Waals surface area contributed by atoms with Gasteiger partial charge in [-0.3, -0.25) is 9.69 Å². The normalized spacial score (nSPS) is 44.3. The molecule has 1 saturated heterocycles. The third-order valence-corrected chi connectivity index (χ3v) is 16.9. The zero-order chi connectivity index (χ0) is 37.5. The fraction of sp³-hybridized carbons (Fsp3) is 0.976. The molecule has 0 radical (unpaired) electrons. The molecule has 6 aliphatic rings. The van der Waals surface area contributed by atoms with Gasteiger partial charge in [0.15, 0.2) is 6.29 Å². The predicted octanol–water partition coefficient (Wildman–Crippen LogP) is 6.13. The summed E-state index contributed by atoms with van der Waals surface area (Å²) in [6.45, 7) is 22.4. The summed E-state index contributed by atoms with van der Waals surface area (Å²) in [6.07, 6.45) is 8.85. The Morgan fingerprint density at radius 1 is 1.04 bits per heavy atom. The number of fused-ring (bicyclic) bond motifs is 2. The average molecular weight is 719 g/mol. The van der Waals surface area contributed by atoms with E-state index in [1.165, 1.54) is 32.1 Å². The van der Waals surface area contributed by atoms with Crippen molar-refractivity contribution in [2.24, 2.45) is 50.7 Å². The lowest BCUT2D eigenvalue weighted by Gasteiger charge is -2.64. The second-order valence-corrected chi connectivity index (χ2v) is 19.9. The topological polar surface area (TPSA) is 101 Å². The fourth-order valence-corrected chi connectivity index (χ4v) is 14.1. The number of carbonyl (C=O) groups excluding carboxylic acids is 1. The molecule has 6 fully saturated rings. The van der Waals surface area contributed by atoms with E-state index in [1.807, 2.05) is 41.8 Å². The molecule has 1 heterocycles. The number of methoxy groups -OCH3 is 1. The molecule has 51 heavy (non-hydrogen) atoms. The number of carbonyl (C=O) groups is 1. The van der Waals surface area contributed by atoms with E-state index in [-0.39, 0.29) is 52.8 Å². The number of rotatable bonds is 12. The lowest BCUT2D eigenvalue weighted by molar-refractivity contribution is -0.250. The molecular weight excluding hydrogens is 644 g/mol. The number of aliphatic hydroxyl groups is 2. The Morgan fingerprint density at radius 3 is 2.33 bits per heavy atom. The van der Waals surface area contributed by atoms with E-state index in [0.29, 0.717) is 54.3 Å². The van der Waals surface area contributed by atoms with E-state index in [4.69, 9.17) is 18.9 Å². The number of ether oxygens (including phenoxy) is 4. The lowest BCUT2D eigenvalue weighted by Crippen LogP contribution is -2.60. The van der Waals surface area contributed by atoms with Crippen molar-refractivity contribution in [2.75, 3.05) is 47.5 Å². The maximum Gasteiger partial charge on any atom is 0.239 e. The Kier molecular flexibility index (Phi) is 10.7. The number of hydrogen-bond acceptors (Lipinski definition) is 8. The average Bonchev–Trinajstić information content (AvgIpc) is 3.69.